The molecule has 1 aromatic carbocycles. The number of carbonyl (C=O) groups excluding carboxylic acids is 1. The van der Waals surface area contributed by atoms with Crippen LogP contribution in [0.3, 0.4) is 0 Å². The van der Waals surface area contributed by atoms with Crippen molar-refractivity contribution in [3.63, 3.8) is 0 Å². The van der Waals surface area contributed by atoms with E-state index in [0.29, 0.717) is 18.0 Å². The van der Waals surface area contributed by atoms with Gasteiger partial charge in [0.15, 0.2) is 0 Å². The average molecular weight is 437 g/mol. The Morgan fingerprint density at radius 1 is 1.22 bits per heavy atom. The number of nitrogens with one attached hydrogen (secondary N) is 1. The predicted molar refractivity (Wildman–Crippen MR) is 124 cm³/mol. The SMILES string of the molecule is CC[C@H](N)c1cncc(NC(=O)c2c(N)ncn(-c3c(C)cc(COC)cc3C)c2=O)c1. The Balaban J connectivity index is 2.01. The fraction of sp³-hybridized carbons (Fsp3) is 0.304. The molecule has 1 atom stereocenters. The highest BCUT2D eigenvalue weighted by Gasteiger charge is 2.21. The second-order valence-corrected chi connectivity index (χ2v) is 7.67. The number of pyridine rings is 1. The van der Waals surface area contributed by atoms with Crippen molar-refractivity contribution in [1.29, 1.82) is 0 Å². The normalized spacial score (nSPS) is 11.9. The number of anilines is 2. The lowest BCUT2D eigenvalue weighted by Gasteiger charge is -2.16. The molecule has 2 heterocycles. The van der Waals surface area contributed by atoms with E-state index in [4.69, 9.17) is 16.2 Å². The molecule has 0 aliphatic carbocycles. The van der Waals surface area contributed by atoms with Gasteiger partial charge >= 0.3 is 0 Å². The van der Waals surface area contributed by atoms with Crippen LogP contribution in [0.25, 0.3) is 5.69 Å². The fourth-order valence-corrected chi connectivity index (χ4v) is 3.67. The molecular weight excluding hydrogens is 408 g/mol. The van der Waals surface area contributed by atoms with E-state index in [1.807, 2.05) is 32.9 Å². The number of benzene rings is 1. The molecule has 5 N–H and O–H groups in total. The highest BCUT2D eigenvalue weighted by molar-refractivity contribution is 6.06. The van der Waals surface area contributed by atoms with Gasteiger partial charge in [-0.1, -0.05) is 19.1 Å². The zero-order valence-corrected chi connectivity index (χ0v) is 18.7. The minimum atomic E-state index is -0.662. The first-order valence-electron chi connectivity index (χ1n) is 10.2. The second-order valence-electron chi connectivity index (χ2n) is 7.67. The van der Waals surface area contributed by atoms with E-state index in [-0.39, 0.29) is 17.4 Å². The van der Waals surface area contributed by atoms with Gasteiger partial charge in [0.05, 0.1) is 24.2 Å². The molecule has 0 saturated carbocycles. The van der Waals surface area contributed by atoms with Gasteiger partial charge in [0.2, 0.25) is 0 Å². The van der Waals surface area contributed by atoms with Crippen LogP contribution in [0.2, 0.25) is 0 Å². The van der Waals surface area contributed by atoms with Gasteiger partial charge < -0.3 is 21.5 Å². The molecule has 0 spiro atoms. The van der Waals surface area contributed by atoms with E-state index in [1.54, 1.807) is 19.4 Å². The predicted octanol–water partition coefficient (Wildman–Crippen LogP) is 2.64. The molecule has 0 radical (unpaired) electrons. The Hall–Kier alpha value is -3.56. The molecule has 0 bridgehead atoms. The van der Waals surface area contributed by atoms with Gasteiger partial charge in [0.1, 0.15) is 17.7 Å². The fourth-order valence-electron chi connectivity index (χ4n) is 3.67. The van der Waals surface area contributed by atoms with Crippen molar-refractivity contribution in [3.8, 4) is 5.69 Å². The molecule has 32 heavy (non-hydrogen) atoms. The van der Waals surface area contributed by atoms with Crippen LogP contribution in [0, 0.1) is 13.8 Å². The van der Waals surface area contributed by atoms with Crippen LogP contribution in [-0.4, -0.2) is 27.6 Å². The number of hydrogen-bond acceptors (Lipinski definition) is 7. The minimum absolute atomic E-state index is 0.149. The summed E-state index contributed by atoms with van der Waals surface area (Å²) < 4.78 is 6.54. The van der Waals surface area contributed by atoms with Gasteiger partial charge in [-0.15, -0.1) is 0 Å². The Bertz CT molecular complexity index is 1180. The van der Waals surface area contributed by atoms with Crippen molar-refractivity contribution in [3.05, 3.63) is 75.1 Å². The highest BCUT2D eigenvalue weighted by Crippen LogP contribution is 2.22. The van der Waals surface area contributed by atoms with Gasteiger partial charge in [-0.2, -0.15) is 0 Å². The lowest BCUT2D eigenvalue weighted by Crippen LogP contribution is -2.31. The van der Waals surface area contributed by atoms with Crippen molar-refractivity contribution in [1.82, 2.24) is 14.5 Å². The molecular formula is C23H28N6O3. The van der Waals surface area contributed by atoms with Gasteiger partial charge in [0.25, 0.3) is 11.5 Å². The summed E-state index contributed by atoms with van der Waals surface area (Å²) in [7, 11) is 1.62. The third-order valence-electron chi connectivity index (χ3n) is 5.22. The van der Waals surface area contributed by atoms with Crippen molar-refractivity contribution in [2.45, 2.75) is 39.8 Å². The number of rotatable bonds is 7. The maximum absolute atomic E-state index is 13.3. The quantitative estimate of drug-likeness (QED) is 0.517. The van der Waals surface area contributed by atoms with E-state index in [0.717, 1.165) is 28.7 Å². The first-order chi connectivity index (χ1) is 15.3. The summed E-state index contributed by atoms with van der Waals surface area (Å²) >= 11 is 0. The number of ether oxygens (including phenoxy) is 1. The highest BCUT2D eigenvalue weighted by atomic mass is 16.5. The summed E-state index contributed by atoms with van der Waals surface area (Å²) in [5.74, 6) is -0.811. The summed E-state index contributed by atoms with van der Waals surface area (Å²) in [6.45, 7) is 6.19. The Morgan fingerprint density at radius 2 is 1.91 bits per heavy atom. The number of methoxy groups -OCH3 is 1. The molecule has 168 valence electrons. The molecule has 9 heteroatoms. The number of amides is 1. The number of nitrogens with zero attached hydrogens (tertiary/aromatic N) is 3. The van der Waals surface area contributed by atoms with Crippen LogP contribution in [-0.2, 0) is 11.3 Å². The summed E-state index contributed by atoms with van der Waals surface area (Å²) in [5, 5.41) is 2.69. The Kier molecular flexibility index (Phi) is 7.01. The monoisotopic (exact) mass is 436 g/mol. The van der Waals surface area contributed by atoms with Gasteiger partial charge in [-0.3, -0.25) is 19.1 Å². The molecule has 1 amide bonds. The molecule has 0 saturated heterocycles. The molecule has 2 aromatic heterocycles. The maximum atomic E-state index is 13.3. The van der Waals surface area contributed by atoms with E-state index in [9.17, 15) is 9.59 Å². The lowest BCUT2D eigenvalue weighted by molar-refractivity contribution is 0.102. The van der Waals surface area contributed by atoms with Crippen LogP contribution < -0.4 is 22.3 Å². The second kappa shape index (κ2) is 9.71. The molecule has 0 aliphatic rings. The lowest BCUT2D eigenvalue weighted by atomic mass is 10.0. The summed E-state index contributed by atoms with van der Waals surface area (Å²) in [6.07, 6.45) is 5.19. The maximum Gasteiger partial charge on any atom is 0.272 e. The summed E-state index contributed by atoms with van der Waals surface area (Å²) in [4.78, 5) is 34.5. The first kappa shape index (κ1) is 23.1. The van der Waals surface area contributed by atoms with Crippen LogP contribution in [0.5, 0.6) is 0 Å². The molecule has 9 nitrogen and oxygen atoms in total. The molecule has 0 unspecified atom stereocenters. The molecule has 0 fully saturated rings. The van der Waals surface area contributed by atoms with Gasteiger partial charge in [-0.25, -0.2) is 4.98 Å². The Morgan fingerprint density at radius 3 is 2.53 bits per heavy atom. The van der Waals surface area contributed by atoms with Crippen LogP contribution >= 0.6 is 0 Å². The minimum Gasteiger partial charge on any atom is -0.383 e. The zero-order valence-electron chi connectivity index (χ0n) is 18.7. The average Bonchev–Trinajstić information content (AvgIpc) is 2.74. The van der Waals surface area contributed by atoms with Crippen molar-refractivity contribution in [2.24, 2.45) is 5.73 Å². The molecule has 3 aromatic rings. The van der Waals surface area contributed by atoms with Crippen LogP contribution in [0.1, 0.15) is 52.0 Å². The zero-order chi connectivity index (χ0) is 23.4. The molecule has 0 aliphatic heterocycles. The Labute approximate surface area is 186 Å². The number of aryl methyl sites for hydroxylation is 2. The third kappa shape index (κ3) is 4.68. The topological polar surface area (TPSA) is 138 Å². The van der Waals surface area contributed by atoms with Crippen LogP contribution in [0.4, 0.5) is 11.5 Å². The van der Waals surface area contributed by atoms with E-state index >= 15 is 0 Å². The van der Waals surface area contributed by atoms with E-state index in [2.05, 4.69) is 15.3 Å². The van der Waals surface area contributed by atoms with E-state index < -0.39 is 11.5 Å². The number of nitrogen functional groups attached to an aromatic ring is 1. The number of nitrogens with two attached hydrogens (primary N) is 2. The molecule has 3 rings (SSSR count). The van der Waals surface area contributed by atoms with Gasteiger partial charge in [0, 0.05) is 19.3 Å². The third-order valence-corrected chi connectivity index (χ3v) is 5.22. The number of aromatic nitrogens is 3. The van der Waals surface area contributed by atoms with Gasteiger partial charge in [-0.05, 0) is 48.6 Å². The van der Waals surface area contributed by atoms with Crippen molar-refractivity contribution in [2.75, 3.05) is 18.2 Å². The standard InChI is InChI=1S/C23H28N6O3/c1-5-18(24)16-8-17(10-26-9-16)28-22(30)19-21(25)27-12-29(23(19)31)20-13(2)6-15(11-32-4)7-14(20)3/h6-10,12,18H,5,11,24-25H2,1-4H3,(H,28,30)/t18-/m0/s1. The summed E-state index contributed by atoms with van der Waals surface area (Å²) in [5.41, 5.74) is 15.7. The number of carbonyl (C=O) groups is 1. The van der Waals surface area contributed by atoms with Crippen LogP contribution in [0.15, 0.2) is 41.7 Å². The van der Waals surface area contributed by atoms with E-state index in [1.165, 1.54) is 17.1 Å². The van der Waals surface area contributed by atoms with Crippen molar-refractivity contribution < 1.29 is 9.53 Å². The smallest absolute Gasteiger partial charge is 0.272 e. The number of hydrogen-bond donors (Lipinski definition) is 3. The summed E-state index contributed by atoms with van der Waals surface area (Å²) in [6, 6.07) is 5.39. The van der Waals surface area contributed by atoms with Crippen molar-refractivity contribution >= 4 is 17.4 Å². The first-order valence-corrected chi connectivity index (χ1v) is 10.2. The largest absolute Gasteiger partial charge is 0.383 e.